The predicted octanol–water partition coefficient (Wildman–Crippen LogP) is 5.79. The smallest absolute Gasteiger partial charge is 0.408 e. The molecule has 1 heterocycles. The maximum absolute atomic E-state index is 13.6. The predicted molar refractivity (Wildman–Crippen MR) is 185 cm³/mol. The second-order valence-corrected chi connectivity index (χ2v) is 14.3. The number of hydrogen-bond acceptors (Lipinski definition) is 7. The van der Waals surface area contributed by atoms with Gasteiger partial charge in [0, 0.05) is 12.3 Å². The van der Waals surface area contributed by atoms with Crippen molar-refractivity contribution in [2.45, 2.75) is 43.3 Å². The molecule has 11 heteroatoms. The minimum absolute atomic E-state index is 0.0513. The first-order valence-electron chi connectivity index (χ1n) is 16.1. The molecule has 3 amide bonds. The molecule has 1 aliphatic carbocycles. The number of alkyl carbamates (subject to hydrolysis) is 2. The van der Waals surface area contributed by atoms with E-state index in [0.29, 0.717) is 5.56 Å². The molecule has 2 atom stereocenters. The van der Waals surface area contributed by atoms with Crippen LogP contribution in [0.5, 0.6) is 0 Å². The van der Waals surface area contributed by atoms with Crippen molar-refractivity contribution in [1.29, 1.82) is 0 Å². The quantitative estimate of drug-likeness (QED) is 0.171. The molecular formula is C38H37N3O7S. The summed E-state index contributed by atoms with van der Waals surface area (Å²) in [5.41, 5.74) is 5.75. The van der Waals surface area contributed by atoms with Crippen molar-refractivity contribution >= 4 is 34.0 Å². The number of ether oxygens (including phenoxy) is 2. The molecule has 3 N–H and O–H groups in total. The third-order valence-corrected chi connectivity index (χ3v) is 10.5. The van der Waals surface area contributed by atoms with Crippen LogP contribution >= 0.6 is 0 Å². The maximum Gasteiger partial charge on any atom is 0.408 e. The summed E-state index contributed by atoms with van der Waals surface area (Å²) in [6.45, 7) is 3.10. The van der Waals surface area contributed by atoms with Crippen LogP contribution in [0.1, 0.15) is 42.0 Å². The Morgan fingerprint density at radius 1 is 0.714 bits per heavy atom. The van der Waals surface area contributed by atoms with E-state index in [4.69, 9.17) is 9.47 Å². The molecule has 4 aromatic rings. The molecule has 0 radical (unpaired) electrons. The Morgan fingerprint density at radius 3 is 1.96 bits per heavy atom. The van der Waals surface area contributed by atoms with Crippen molar-refractivity contribution in [3.8, 4) is 11.1 Å². The van der Waals surface area contributed by atoms with Crippen LogP contribution in [0, 0.1) is 5.92 Å². The molecular weight excluding hydrogens is 642 g/mol. The lowest BCUT2D eigenvalue weighted by Crippen LogP contribution is -2.57. The van der Waals surface area contributed by atoms with Crippen LogP contribution in [0.25, 0.3) is 17.2 Å². The first-order valence-corrected chi connectivity index (χ1v) is 17.5. The molecule has 4 aromatic carbocycles. The fourth-order valence-corrected chi connectivity index (χ4v) is 7.70. The molecule has 2 aliphatic rings. The van der Waals surface area contributed by atoms with E-state index in [9.17, 15) is 22.8 Å². The molecule has 10 nitrogen and oxygen atoms in total. The van der Waals surface area contributed by atoms with Crippen molar-refractivity contribution in [1.82, 2.24) is 16.0 Å². The van der Waals surface area contributed by atoms with E-state index in [1.54, 1.807) is 32.0 Å². The summed E-state index contributed by atoms with van der Waals surface area (Å²) in [5.74, 6) is -1.07. The number of benzene rings is 4. The highest BCUT2D eigenvalue weighted by molar-refractivity contribution is 7.95. The fourth-order valence-electron chi connectivity index (χ4n) is 6.23. The second-order valence-electron chi connectivity index (χ2n) is 12.3. The normalized spacial score (nSPS) is 15.2. The largest absolute Gasteiger partial charge is 0.449 e. The van der Waals surface area contributed by atoms with Crippen LogP contribution in [-0.4, -0.2) is 51.9 Å². The zero-order valence-electron chi connectivity index (χ0n) is 27.1. The van der Waals surface area contributed by atoms with Gasteiger partial charge in [0.15, 0.2) is 0 Å². The highest BCUT2D eigenvalue weighted by Gasteiger charge is 2.33. The molecule has 0 spiro atoms. The van der Waals surface area contributed by atoms with E-state index in [-0.39, 0.29) is 34.7 Å². The van der Waals surface area contributed by atoms with Gasteiger partial charge < -0.3 is 25.4 Å². The molecule has 0 bridgehead atoms. The van der Waals surface area contributed by atoms with Crippen LogP contribution < -0.4 is 16.0 Å². The molecule has 6 rings (SSSR count). The number of carbonyl (C=O) groups excluding carboxylic acids is 3. The number of nitrogens with one attached hydrogen (secondary N) is 3. The van der Waals surface area contributed by atoms with E-state index in [1.807, 2.05) is 66.7 Å². The van der Waals surface area contributed by atoms with Gasteiger partial charge in [-0.25, -0.2) is 18.0 Å². The van der Waals surface area contributed by atoms with Crippen LogP contribution in [0.2, 0.25) is 0 Å². The van der Waals surface area contributed by atoms with Gasteiger partial charge in [-0.05, 0) is 51.4 Å². The van der Waals surface area contributed by atoms with Gasteiger partial charge in [-0.2, -0.15) is 0 Å². The lowest BCUT2D eigenvalue weighted by atomic mass is 9.98. The molecule has 0 fully saturated rings. The Kier molecular flexibility index (Phi) is 9.82. The van der Waals surface area contributed by atoms with Gasteiger partial charge in [-0.1, -0.05) is 111 Å². The van der Waals surface area contributed by atoms with E-state index in [0.717, 1.165) is 27.8 Å². The Bertz CT molecular complexity index is 1960. The summed E-state index contributed by atoms with van der Waals surface area (Å²) in [4.78, 5) is 39.7. The zero-order valence-corrected chi connectivity index (χ0v) is 27.9. The van der Waals surface area contributed by atoms with E-state index in [1.165, 1.54) is 12.1 Å². The number of carbonyl (C=O) groups is 3. The highest BCUT2D eigenvalue weighted by atomic mass is 32.2. The Labute approximate surface area is 285 Å². The minimum Gasteiger partial charge on any atom is -0.449 e. The maximum atomic E-state index is 13.6. The first-order chi connectivity index (χ1) is 23.6. The summed E-state index contributed by atoms with van der Waals surface area (Å²) in [6.07, 6.45) is -0.822. The van der Waals surface area contributed by atoms with Crippen molar-refractivity contribution in [3.05, 3.63) is 130 Å². The monoisotopic (exact) mass is 679 g/mol. The molecule has 0 aromatic heterocycles. The molecule has 49 heavy (non-hydrogen) atoms. The van der Waals surface area contributed by atoms with E-state index < -0.39 is 46.7 Å². The average Bonchev–Trinajstić information content (AvgIpc) is 3.55. The van der Waals surface area contributed by atoms with E-state index in [2.05, 4.69) is 28.1 Å². The van der Waals surface area contributed by atoms with Gasteiger partial charge in [-0.3, -0.25) is 4.79 Å². The average molecular weight is 680 g/mol. The van der Waals surface area contributed by atoms with Crippen molar-refractivity contribution in [3.63, 3.8) is 0 Å². The highest BCUT2D eigenvalue weighted by Crippen LogP contribution is 2.44. The molecule has 0 saturated heterocycles. The number of amides is 3. The Morgan fingerprint density at radius 2 is 1.31 bits per heavy atom. The summed E-state index contributed by atoms with van der Waals surface area (Å²) in [5, 5.41) is 8.17. The molecule has 0 unspecified atom stereocenters. The van der Waals surface area contributed by atoms with Crippen LogP contribution in [0.4, 0.5) is 9.59 Å². The van der Waals surface area contributed by atoms with Crippen LogP contribution in [0.3, 0.4) is 0 Å². The summed E-state index contributed by atoms with van der Waals surface area (Å²) in [7, 11) is -3.78. The standard InChI is InChI=1S/C38H37N3O7S/c1-24(2)35(41-38(44)47-22-27-21-26-14-6-11-19-33(26)49(27,45)46)36(42)39-34(20-25-12-4-3-5-13-25)40-37(43)48-23-32-30-17-9-7-15-28(30)29-16-8-10-18-31(29)32/h3-19,21,24,32,34-35H,20,22-23H2,1-2H3,(H,39,42)(H,40,43)(H,41,44)/t34-,35-/m0/s1. The number of rotatable bonds is 11. The lowest BCUT2D eigenvalue weighted by Gasteiger charge is -2.26. The third kappa shape index (κ3) is 7.36. The summed E-state index contributed by atoms with van der Waals surface area (Å²) < 4.78 is 36.7. The third-order valence-electron chi connectivity index (χ3n) is 8.67. The lowest BCUT2D eigenvalue weighted by molar-refractivity contribution is -0.124. The summed E-state index contributed by atoms with van der Waals surface area (Å²) >= 11 is 0. The van der Waals surface area contributed by atoms with Crippen molar-refractivity contribution in [2.24, 2.45) is 5.92 Å². The Balaban J connectivity index is 1.09. The molecule has 252 valence electrons. The SMILES string of the molecule is CC(C)[C@H](NC(=O)OCC1=Cc2ccccc2S1(=O)=O)C(=O)N[C@H](Cc1ccccc1)NC(=O)OCC1c2ccccc2-c2ccccc21. The Hall–Kier alpha value is -5.42. The number of hydrogen-bond donors (Lipinski definition) is 3. The first kappa shape index (κ1) is 33.5. The van der Waals surface area contributed by atoms with Gasteiger partial charge in [0.25, 0.3) is 0 Å². The van der Waals surface area contributed by atoms with Crippen molar-refractivity contribution < 1.29 is 32.3 Å². The zero-order chi connectivity index (χ0) is 34.5. The van der Waals surface area contributed by atoms with Gasteiger partial charge in [0.2, 0.25) is 15.7 Å². The van der Waals surface area contributed by atoms with E-state index >= 15 is 0 Å². The minimum atomic E-state index is -3.78. The van der Waals surface area contributed by atoms with Gasteiger partial charge in [0.05, 0.1) is 9.80 Å². The van der Waals surface area contributed by atoms with Gasteiger partial charge in [-0.15, -0.1) is 0 Å². The van der Waals surface area contributed by atoms with Crippen LogP contribution in [-0.2, 0) is 30.5 Å². The number of fused-ring (bicyclic) bond motifs is 4. The summed E-state index contributed by atoms with van der Waals surface area (Å²) in [6, 6.07) is 30.9. The van der Waals surface area contributed by atoms with Gasteiger partial charge in [0.1, 0.15) is 25.4 Å². The topological polar surface area (TPSA) is 140 Å². The van der Waals surface area contributed by atoms with Crippen LogP contribution in [0.15, 0.2) is 113 Å². The molecule has 0 saturated carbocycles. The second kappa shape index (κ2) is 14.4. The van der Waals surface area contributed by atoms with Gasteiger partial charge >= 0.3 is 12.2 Å². The van der Waals surface area contributed by atoms with Crippen molar-refractivity contribution in [2.75, 3.05) is 13.2 Å². The number of sulfone groups is 1. The fraction of sp³-hybridized carbons (Fsp3) is 0.237. The molecule has 1 aliphatic heterocycles.